The van der Waals surface area contributed by atoms with E-state index in [2.05, 4.69) is 0 Å². The predicted molar refractivity (Wildman–Crippen MR) is 49.1 cm³/mol. The van der Waals surface area contributed by atoms with Gasteiger partial charge in [-0.3, -0.25) is 0 Å². The molecular formula is C10H14O3. The molecule has 0 fully saturated rings. The fourth-order valence-electron chi connectivity index (χ4n) is 1.18. The lowest BCUT2D eigenvalue weighted by molar-refractivity contribution is 0.0694. The van der Waals surface area contributed by atoms with E-state index >= 15 is 0 Å². The van der Waals surface area contributed by atoms with E-state index in [4.69, 9.17) is 9.52 Å². The van der Waals surface area contributed by atoms with E-state index in [1.165, 1.54) is 0 Å². The van der Waals surface area contributed by atoms with E-state index in [9.17, 15) is 4.79 Å². The minimum Gasteiger partial charge on any atom is -0.478 e. The Morgan fingerprint density at radius 1 is 1.62 bits per heavy atom. The lowest BCUT2D eigenvalue weighted by Gasteiger charge is -1.96. The third-order valence-electron chi connectivity index (χ3n) is 1.95. The van der Waals surface area contributed by atoms with Gasteiger partial charge in [-0.15, -0.1) is 0 Å². The van der Waals surface area contributed by atoms with Crippen LogP contribution in [0.4, 0.5) is 0 Å². The molecule has 1 aromatic heterocycles. The molecule has 13 heavy (non-hydrogen) atoms. The highest BCUT2D eigenvalue weighted by molar-refractivity contribution is 5.88. The largest absolute Gasteiger partial charge is 0.478 e. The number of carboxylic acids is 1. The van der Waals surface area contributed by atoms with Crippen LogP contribution in [0.25, 0.3) is 0 Å². The smallest absolute Gasteiger partial charge is 0.339 e. The molecule has 0 aromatic carbocycles. The van der Waals surface area contributed by atoms with Gasteiger partial charge in [0.1, 0.15) is 17.1 Å². The molecular weight excluding hydrogens is 168 g/mol. The van der Waals surface area contributed by atoms with Crippen LogP contribution in [0.5, 0.6) is 0 Å². The Hall–Kier alpha value is -1.25. The predicted octanol–water partition coefficient (Wildman–Crippen LogP) is 2.66. The van der Waals surface area contributed by atoms with Crippen molar-refractivity contribution in [1.29, 1.82) is 0 Å². The molecule has 0 saturated carbocycles. The maximum atomic E-state index is 10.8. The Labute approximate surface area is 77.4 Å². The quantitative estimate of drug-likeness (QED) is 0.781. The van der Waals surface area contributed by atoms with E-state index in [-0.39, 0.29) is 5.92 Å². The lowest BCUT2D eigenvalue weighted by atomic mass is 10.1. The van der Waals surface area contributed by atoms with Gasteiger partial charge in [-0.2, -0.15) is 0 Å². The first kappa shape index (κ1) is 9.84. The van der Waals surface area contributed by atoms with Gasteiger partial charge in [0.15, 0.2) is 0 Å². The van der Waals surface area contributed by atoms with E-state index < -0.39 is 5.97 Å². The number of furan rings is 1. The van der Waals surface area contributed by atoms with Crippen LogP contribution in [-0.4, -0.2) is 11.1 Å². The number of rotatable bonds is 3. The van der Waals surface area contributed by atoms with Crippen LogP contribution >= 0.6 is 0 Å². The summed E-state index contributed by atoms with van der Waals surface area (Å²) >= 11 is 0. The Kier molecular flexibility index (Phi) is 2.76. The van der Waals surface area contributed by atoms with Crippen LogP contribution in [-0.2, 0) is 6.42 Å². The van der Waals surface area contributed by atoms with Crippen molar-refractivity contribution in [3.05, 3.63) is 23.2 Å². The second-order valence-electron chi connectivity index (χ2n) is 3.30. The Morgan fingerprint density at radius 2 is 2.23 bits per heavy atom. The van der Waals surface area contributed by atoms with E-state index in [1.54, 1.807) is 6.07 Å². The Bertz CT molecular complexity index is 310. The van der Waals surface area contributed by atoms with Crippen molar-refractivity contribution in [2.24, 2.45) is 0 Å². The molecule has 0 aliphatic carbocycles. The van der Waals surface area contributed by atoms with Gasteiger partial charge < -0.3 is 9.52 Å². The first-order chi connectivity index (χ1) is 6.06. The zero-order chi connectivity index (χ0) is 10.0. The molecule has 3 nitrogen and oxygen atoms in total. The van der Waals surface area contributed by atoms with Crippen LogP contribution in [0.1, 0.15) is 48.6 Å². The van der Waals surface area contributed by atoms with E-state index in [0.717, 1.165) is 5.76 Å². The molecule has 1 heterocycles. The number of hydrogen-bond acceptors (Lipinski definition) is 2. The Morgan fingerprint density at radius 3 is 2.54 bits per heavy atom. The number of carbonyl (C=O) groups is 1. The Balaban J connectivity index is 3.11. The van der Waals surface area contributed by atoms with Crippen LogP contribution < -0.4 is 0 Å². The summed E-state index contributed by atoms with van der Waals surface area (Å²) in [6.07, 6.45) is 0.619. The highest BCUT2D eigenvalue weighted by Crippen LogP contribution is 2.22. The molecule has 0 aliphatic heterocycles. The minimum atomic E-state index is -0.910. The van der Waals surface area contributed by atoms with Crippen molar-refractivity contribution in [3.63, 3.8) is 0 Å². The van der Waals surface area contributed by atoms with Crippen molar-refractivity contribution in [2.75, 3.05) is 0 Å². The summed E-state index contributed by atoms with van der Waals surface area (Å²) in [5.74, 6) is 0.636. The molecule has 3 heteroatoms. The molecule has 1 aromatic rings. The number of aromatic carboxylic acids is 1. The first-order valence-electron chi connectivity index (χ1n) is 4.42. The molecule has 0 unspecified atom stereocenters. The summed E-state index contributed by atoms with van der Waals surface area (Å²) in [7, 11) is 0. The molecule has 1 N–H and O–H groups in total. The summed E-state index contributed by atoms with van der Waals surface area (Å²) in [5, 5.41) is 8.83. The molecule has 0 bridgehead atoms. The van der Waals surface area contributed by atoms with E-state index in [0.29, 0.717) is 17.7 Å². The molecule has 0 spiro atoms. The van der Waals surface area contributed by atoms with Gasteiger partial charge in [-0.1, -0.05) is 20.8 Å². The minimum absolute atomic E-state index is 0.235. The molecule has 0 amide bonds. The first-order valence-corrected chi connectivity index (χ1v) is 4.42. The average molecular weight is 182 g/mol. The maximum Gasteiger partial charge on any atom is 0.339 e. The van der Waals surface area contributed by atoms with Gasteiger partial charge in [-0.05, 0) is 6.07 Å². The second kappa shape index (κ2) is 3.64. The molecule has 1 rings (SSSR count). The van der Waals surface area contributed by atoms with Gasteiger partial charge in [0, 0.05) is 12.3 Å². The lowest BCUT2D eigenvalue weighted by Crippen LogP contribution is -1.97. The highest BCUT2D eigenvalue weighted by Gasteiger charge is 2.16. The topological polar surface area (TPSA) is 50.4 Å². The summed E-state index contributed by atoms with van der Waals surface area (Å²) in [6, 6.07) is 1.62. The fourth-order valence-corrected chi connectivity index (χ4v) is 1.18. The molecule has 0 saturated heterocycles. The van der Waals surface area contributed by atoms with Gasteiger partial charge in [0.05, 0.1) is 0 Å². The average Bonchev–Trinajstić information content (AvgIpc) is 2.47. The maximum absolute atomic E-state index is 10.8. The molecule has 0 aliphatic rings. The summed E-state index contributed by atoms with van der Waals surface area (Å²) in [5.41, 5.74) is 0.297. The molecule has 72 valence electrons. The van der Waals surface area contributed by atoms with Gasteiger partial charge in [0.2, 0.25) is 0 Å². The van der Waals surface area contributed by atoms with Gasteiger partial charge in [-0.25, -0.2) is 4.79 Å². The van der Waals surface area contributed by atoms with Gasteiger partial charge >= 0.3 is 5.97 Å². The number of carboxylic acid groups (broad SMARTS) is 1. The standard InChI is InChI=1S/C10H14O3/c1-4-8-7(10(11)12)5-9(13-8)6(2)3/h5-6H,4H2,1-3H3,(H,11,12). The van der Waals surface area contributed by atoms with E-state index in [1.807, 2.05) is 20.8 Å². The molecule has 0 atom stereocenters. The van der Waals surface area contributed by atoms with Crippen LogP contribution in [0, 0.1) is 0 Å². The normalized spacial score (nSPS) is 10.8. The highest BCUT2D eigenvalue weighted by atomic mass is 16.4. The summed E-state index contributed by atoms with van der Waals surface area (Å²) in [4.78, 5) is 10.8. The number of hydrogen-bond donors (Lipinski definition) is 1. The van der Waals surface area contributed by atoms with Crippen molar-refractivity contribution in [1.82, 2.24) is 0 Å². The monoisotopic (exact) mass is 182 g/mol. The SMILES string of the molecule is CCc1oc(C(C)C)cc1C(=O)O. The molecule has 0 radical (unpaired) electrons. The fraction of sp³-hybridized carbons (Fsp3) is 0.500. The van der Waals surface area contributed by atoms with Gasteiger partial charge in [0.25, 0.3) is 0 Å². The zero-order valence-corrected chi connectivity index (χ0v) is 8.13. The third-order valence-corrected chi connectivity index (χ3v) is 1.95. The number of aryl methyl sites for hydroxylation is 1. The van der Waals surface area contributed by atoms with Crippen LogP contribution in [0.2, 0.25) is 0 Å². The summed E-state index contributed by atoms with van der Waals surface area (Å²) in [6.45, 7) is 5.84. The zero-order valence-electron chi connectivity index (χ0n) is 8.13. The second-order valence-corrected chi connectivity index (χ2v) is 3.30. The van der Waals surface area contributed by atoms with Crippen molar-refractivity contribution >= 4 is 5.97 Å². The summed E-state index contributed by atoms with van der Waals surface area (Å²) < 4.78 is 5.41. The van der Waals surface area contributed by atoms with Crippen molar-refractivity contribution in [2.45, 2.75) is 33.1 Å². The van der Waals surface area contributed by atoms with Crippen molar-refractivity contribution in [3.8, 4) is 0 Å². The van der Waals surface area contributed by atoms with Crippen LogP contribution in [0.15, 0.2) is 10.5 Å². The van der Waals surface area contributed by atoms with Crippen LogP contribution in [0.3, 0.4) is 0 Å². The third kappa shape index (κ3) is 1.91. The van der Waals surface area contributed by atoms with Crippen molar-refractivity contribution < 1.29 is 14.3 Å².